The highest BCUT2D eigenvalue weighted by molar-refractivity contribution is 6.33. The lowest BCUT2D eigenvalue weighted by Crippen LogP contribution is -2.29. The summed E-state index contributed by atoms with van der Waals surface area (Å²) < 4.78 is 39.9. The first-order valence-electron chi connectivity index (χ1n) is 6.15. The van der Waals surface area contributed by atoms with Gasteiger partial charge in [0.05, 0.1) is 17.2 Å². The minimum atomic E-state index is -4.38. The van der Waals surface area contributed by atoms with Crippen molar-refractivity contribution in [2.45, 2.75) is 13.1 Å². The maximum absolute atomic E-state index is 11.9. The number of halogens is 4. The zero-order valence-corrected chi connectivity index (χ0v) is 12.0. The Bertz CT molecular complexity index is 483. The molecule has 1 heterocycles. The molecule has 9 heteroatoms. The number of pyridine rings is 1. The van der Waals surface area contributed by atoms with E-state index in [2.05, 4.69) is 20.4 Å². The Balaban J connectivity index is 2.46. The van der Waals surface area contributed by atoms with E-state index in [9.17, 15) is 18.0 Å². The van der Waals surface area contributed by atoms with Crippen LogP contribution in [0.2, 0.25) is 5.02 Å². The number of carbonyl (C=O) groups is 1. The predicted molar refractivity (Wildman–Crippen MR) is 72.6 cm³/mol. The lowest BCUT2D eigenvalue weighted by molar-refractivity contribution is -0.173. The zero-order valence-electron chi connectivity index (χ0n) is 11.3. The van der Waals surface area contributed by atoms with Gasteiger partial charge in [-0.3, -0.25) is 4.79 Å². The third-order valence-corrected chi connectivity index (χ3v) is 2.56. The second-order valence-corrected chi connectivity index (χ2v) is 4.41. The predicted octanol–water partition coefficient (Wildman–Crippen LogP) is 2.48. The van der Waals surface area contributed by atoms with Gasteiger partial charge in [0.2, 0.25) is 0 Å². The topological polar surface area (TPSA) is 63.2 Å². The van der Waals surface area contributed by atoms with Crippen molar-refractivity contribution in [3.8, 4) is 0 Å². The minimum Gasteiger partial charge on any atom is -0.370 e. The van der Waals surface area contributed by atoms with Crippen molar-refractivity contribution in [3.05, 3.63) is 22.8 Å². The summed E-state index contributed by atoms with van der Waals surface area (Å²) in [5.74, 6) is -0.0162. The molecule has 21 heavy (non-hydrogen) atoms. The van der Waals surface area contributed by atoms with Gasteiger partial charge in [-0.15, -0.1) is 0 Å². The maximum Gasteiger partial charge on any atom is 0.411 e. The summed E-state index contributed by atoms with van der Waals surface area (Å²) in [5.41, 5.74) is 0.193. The summed E-state index contributed by atoms with van der Waals surface area (Å²) in [6.45, 7) is 0.858. The van der Waals surface area contributed by atoms with Crippen molar-refractivity contribution in [1.29, 1.82) is 0 Å². The van der Waals surface area contributed by atoms with Crippen LogP contribution in [-0.2, 0) is 4.74 Å². The van der Waals surface area contributed by atoms with Crippen LogP contribution in [0.4, 0.5) is 19.0 Å². The van der Waals surface area contributed by atoms with Gasteiger partial charge in [0.25, 0.3) is 5.91 Å². The smallest absolute Gasteiger partial charge is 0.370 e. The number of alkyl halides is 3. The van der Waals surface area contributed by atoms with E-state index in [1.807, 2.05) is 6.92 Å². The average molecular weight is 326 g/mol. The van der Waals surface area contributed by atoms with Gasteiger partial charge in [0, 0.05) is 19.3 Å². The van der Waals surface area contributed by atoms with Gasteiger partial charge < -0.3 is 15.4 Å². The van der Waals surface area contributed by atoms with Crippen molar-refractivity contribution in [1.82, 2.24) is 10.3 Å². The molecule has 0 atom stereocenters. The van der Waals surface area contributed by atoms with Crippen LogP contribution >= 0.6 is 11.6 Å². The first-order valence-corrected chi connectivity index (χ1v) is 6.53. The fourth-order valence-electron chi connectivity index (χ4n) is 1.41. The molecule has 0 bridgehead atoms. The zero-order chi connectivity index (χ0) is 15.9. The number of aromatic nitrogens is 1. The summed E-state index contributed by atoms with van der Waals surface area (Å²) in [7, 11) is 0. The molecule has 0 unspecified atom stereocenters. The van der Waals surface area contributed by atoms with Gasteiger partial charge in [0.1, 0.15) is 12.4 Å². The molecule has 1 rings (SSSR count). The molecule has 0 saturated heterocycles. The van der Waals surface area contributed by atoms with Crippen molar-refractivity contribution in [3.63, 3.8) is 0 Å². The number of nitrogens with zero attached hydrogens (tertiary/aromatic N) is 1. The summed E-state index contributed by atoms with van der Waals surface area (Å²) in [4.78, 5) is 15.8. The first kappa shape index (κ1) is 17.5. The highest BCUT2D eigenvalue weighted by Gasteiger charge is 2.27. The van der Waals surface area contributed by atoms with E-state index in [4.69, 9.17) is 11.6 Å². The fourth-order valence-corrected chi connectivity index (χ4v) is 1.60. The molecule has 0 aliphatic rings. The number of hydrogen-bond donors (Lipinski definition) is 2. The third-order valence-electron chi connectivity index (χ3n) is 2.26. The van der Waals surface area contributed by atoms with Crippen molar-refractivity contribution < 1.29 is 22.7 Å². The van der Waals surface area contributed by atoms with Crippen molar-refractivity contribution >= 4 is 23.3 Å². The van der Waals surface area contributed by atoms with E-state index in [0.29, 0.717) is 12.4 Å². The Morgan fingerprint density at radius 2 is 2.19 bits per heavy atom. The van der Waals surface area contributed by atoms with Crippen LogP contribution in [0, 0.1) is 0 Å². The summed E-state index contributed by atoms with van der Waals surface area (Å²) in [5, 5.41) is 5.51. The largest absolute Gasteiger partial charge is 0.411 e. The van der Waals surface area contributed by atoms with Crippen molar-refractivity contribution in [2.24, 2.45) is 0 Å². The van der Waals surface area contributed by atoms with Gasteiger partial charge >= 0.3 is 6.18 Å². The molecule has 0 spiro atoms. The SMILES string of the molecule is CCNc1cc(C(=O)NCCOCC(F)(F)F)c(Cl)cn1. The molecule has 0 saturated carbocycles. The molecule has 0 radical (unpaired) electrons. The van der Waals surface area contributed by atoms with Gasteiger partial charge in [-0.05, 0) is 13.0 Å². The molecule has 1 amide bonds. The van der Waals surface area contributed by atoms with E-state index in [-0.39, 0.29) is 23.7 Å². The standard InChI is InChI=1S/C12H15ClF3N3O2/c1-2-17-10-5-8(9(13)6-19-10)11(20)18-3-4-21-7-12(14,15)16/h5-6H,2-4,7H2,1H3,(H,17,19)(H,18,20). The van der Waals surface area contributed by atoms with E-state index in [0.717, 1.165) is 0 Å². The van der Waals surface area contributed by atoms with Gasteiger partial charge in [-0.1, -0.05) is 11.6 Å². The minimum absolute atomic E-state index is 0.0515. The number of ether oxygens (including phenoxy) is 1. The van der Waals surface area contributed by atoms with Crippen LogP contribution in [0.1, 0.15) is 17.3 Å². The Kier molecular flexibility index (Phi) is 6.70. The van der Waals surface area contributed by atoms with Crippen LogP contribution in [0.3, 0.4) is 0 Å². The average Bonchev–Trinajstić information content (AvgIpc) is 2.39. The highest BCUT2D eigenvalue weighted by Crippen LogP contribution is 2.18. The summed E-state index contributed by atoms with van der Waals surface area (Å²) in [6.07, 6.45) is -3.05. The lowest BCUT2D eigenvalue weighted by atomic mass is 10.2. The van der Waals surface area contributed by atoms with Crippen LogP contribution < -0.4 is 10.6 Å². The maximum atomic E-state index is 11.9. The molecule has 0 aliphatic carbocycles. The number of carbonyl (C=O) groups excluding carboxylic acids is 1. The number of anilines is 1. The second kappa shape index (κ2) is 8.04. The molecular weight excluding hydrogens is 311 g/mol. The summed E-state index contributed by atoms with van der Waals surface area (Å²) in [6, 6.07) is 1.47. The second-order valence-electron chi connectivity index (χ2n) is 4.00. The number of rotatable bonds is 7. The number of hydrogen-bond acceptors (Lipinski definition) is 4. The molecule has 0 aliphatic heterocycles. The Hall–Kier alpha value is -1.54. The molecule has 2 N–H and O–H groups in total. The third kappa shape index (κ3) is 6.63. The molecule has 1 aromatic rings. The normalized spacial score (nSPS) is 11.3. The highest BCUT2D eigenvalue weighted by atomic mass is 35.5. The van der Waals surface area contributed by atoms with Crippen molar-refractivity contribution in [2.75, 3.05) is 31.6 Å². The van der Waals surface area contributed by atoms with E-state index in [1.54, 1.807) is 0 Å². The Morgan fingerprint density at radius 1 is 1.48 bits per heavy atom. The number of nitrogens with one attached hydrogen (secondary N) is 2. The van der Waals surface area contributed by atoms with E-state index in [1.165, 1.54) is 12.3 Å². The number of amides is 1. The molecule has 1 aromatic heterocycles. The van der Waals surface area contributed by atoms with Crippen LogP contribution in [0.5, 0.6) is 0 Å². The quantitative estimate of drug-likeness (QED) is 0.756. The Labute approximate surface area is 124 Å². The van der Waals surface area contributed by atoms with Crippen LogP contribution in [-0.4, -0.2) is 43.4 Å². The van der Waals surface area contributed by atoms with Gasteiger partial charge in [-0.25, -0.2) is 4.98 Å². The Morgan fingerprint density at radius 3 is 2.81 bits per heavy atom. The summed E-state index contributed by atoms with van der Waals surface area (Å²) >= 11 is 5.86. The van der Waals surface area contributed by atoms with Crippen LogP contribution in [0.15, 0.2) is 12.3 Å². The van der Waals surface area contributed by atoms with Crippen LogP contribution in [0.25, 0.3) is 0 Å². The molecular formula is C12H15ClF3N3O2. The van der Waals surface area contributed by atoms with E-state index < -0.39 is 18.7 Å². The fraction of sp³-hybridized carbons (Fsp3) is 0.500. The molecule has 118 valence electrons. The van der Waals surface area contributed by atoms with Gasteiger partial charge in [0.15, 0.2) is 0 Å². The first-order chi connectivity index (χ1) is 9.83. The molecule has 0 aromatic carbocycles. The monoisotopic (exact) mass is 325 g/mol. The molecule has 5 nitrogen and oxygen atoms in total. The molecule has 0 fully saturated rings. The lowest BCUT2D eigenvalue weighted by Gasteiger charge is -2.10. The van der Waals surface area contributed by atoms with E-state index >= 15 is 0 Å². The van der Waals surface area contributed by atoms with Gasteiger partial charge in [-0.2, -0.15) is 13.2 Å².